The first-order valence-corrected chi connectivity index (χ1v) is 19.1. The van der Waals surface area contributed by atoms with Crippen molar-refractivity contribution in [2.75, 3.05) is 0 Å². The molecule has 0 unspecified atom stereocenters. The van der Waals surface area contributed by atoms with Gasteiger partial charge >= 0.3 is 0 Å². The Morgan fingerprint density at radius 3 is 1.18 bits per heavy atom. The molecule has 0 aliphatic carbocycles. The molecule has 0 bridgehead atoms. The molecule has 8 aromatic carbocycles. The Labute approximate surface area is 302 Å². The van der Waals surface area contributed by atoms with E-state index in [1.54, 1.807) is 22.7 Å². The minimum absolute atomic E-state index is 0.897. The predicted octanol–water partition coefficient (Wildman–Crippen LogP) is 15.0. The first-order valence-electron chi connectivity index (χ1n) is 17.2. The van der Waals surface area contributed by atoms with E-state index in [1.165, 1.54) is 82.0 Å². The monoisotopic (exact) mass is 684 g/mol. The predicted molar refractivity (Wildman–Crippen MR) is 221 cm³/mol. The molecule has 238 valence electrons. The van der Waals surface area contributed by atoms with Gasteiger partial charge in [0.25, 0.3) is 0 Å². The van der Waals surface area contributed by atoms with Gasteiger partial charge in [-0.15, -0.1) is 0 Å². The molecule has 11 rings (SSSR count). The molecule has 0 aliphatic heterocycles. The van der Waals surface area contributed by atoms with E-state index in [2.05, 4.69) is 167 Å². The number of thiophene rings is 2. The molecule has 0 fully saturated rings. The average Bonchev–Trinajstić information content (AvgIpc) is 3.98. The van der Waals surface area contributed by atoms with Crippen LogP contribution in [0.25, 0.3) is 110 Å². The van der Waals surface area contributed by atoms with Crippen molar-refractivity contribution in [3.63, 3.8) is 0 Å². The van der Waals surface area contributed by atoms with Gasteiger partial charge in [-0.05, 0) is 116 Å². The van der Waals surface area contributed by atoms with Crippen LogP contribution in [0.2, 0.25) is 0 Å². The van der Waals surface area contributed by atoms with Gasteiger partial charge in [0.2, 0.25) is 0 Å². The second-order valence-corrected chi connectivity index (χ2v) is 14.7. The van der Waals surface area contributed by atoms with Crippen molar-refractivity contribution in [1.29, 1.82) is 0 Å². The quantitative estimate of drug-likeness (QED) is 0.168. The van der Waals surface area contributed by atoms with Gasteiger partial charge in [-0.1, -0.05) is 127 Å². The lowest BCUT2D eigenvalue weighted by Gasteiger charge is -2.17. The number of para-hydroxylation sites is 1. The standard InChI is InChI=1S/C48H28OS2/c1-5-15-35-31(11-1)43(29-23-25-50-27-29)32-12-2-6-16-36(32)45(35)39-19-10-22-42-47(39)41-21-9-20-40(48(41)49-42)46-37-17-7-3-13-33(37)44(30-24-26-51-28-30)34-14-4-8-18-38(34)46/h1-28H. The zero-order valence-corrected chi connectivity index (χ0v) is 29.0. The minimum atomic E-state index is 0.897. The Bertz CT molecular complexity index is 3010. The molecule has 0 saturated carbocycles. The molecule has 3 heteroatoms. The summed E-state index contributed by atoms with van der Waals surface area (Å²) in [6.07, 6.45) is 0. The maximum Gasteiger partial charge on any atom is 0.143 e. The molecule has 0 N–H and O–H groups in total. The fourth-order valence-electron chi connectivity index (χ4n) is 8.53. The summed E-state index contributed by atoms with van der Waals surface area (Å²) in [6.45, 7) is 0. The summed E-state index contributed by atoms with van der Waals surface area (Å²) in [5.74, 6) is 0. The van der Waals surface area contributed by atoms with E-state index in [4.69, 9.17) is 4.42 Å². The van der Waals surface area contributed by atoms with Crippen LogP contribution in [0, 0.1) is 0 Å². The van der Waals surface area contributed by atoms with Gasteiger partial charge in [0.05, 0.1) is 0 Å². The molecule has 0 radical (unpaired) electrons. The Hall–Kier alpha value is -6.00. The summed E-state index contributed by atoms with van der Waals surface area (Å²) < 4.78 is 7.01. The number of hydrogen-bond acceptors (Lipinski definition) is 3. The largest absolute Gasteiger partial charge is 0.455 e. The third-order valence-electron chi connectivity index (χ3n) is 10.5. The molecule has 0 saturated heterocycles. The zero-order valence-electron chi connectivity index (χ0n) is 27.4. The second-order valence-electron chi connectivity index (χ2n) is 13.2. The Morgan fingerprint density at radius 2 is 0.725 bits per heavy atom. The van der Waals surface area contributed by atoms with Crippen molar-refractivity contribution in [2.45, 2.75) is 0 Å². The van der Waals surface area contributed by atoms with E-state index >= 15 is 0 Å². The molecule has 11 aromatic rings. The lowest BCUT2D eigenvalue weighted by Crippen LogP contribution is -1.91. The lowest BCUT2D eigenvalue weighted by atomic mass is 9.85. The normalized spacial score (nSPS) is 11.9. The fourth-order valence-corrected chi connectivity index (χ4v) is 9.82. The summed E-state index contributed by atoms with van der Waals surface area (Å²) in [5, 5.41) is 21.1. The second kappa shape index (κ2) is 11.3. The number of benzene rings is 8. The van der Waals surface area contributed by atoms with Gasteiger partial charge < -0.3 is 4.42 Å². The molecule has 3 aromatic heterocycles. The van der Waals surface area contributed by atoms with Gasteiger partial charge in [-0.2, -0.15) is 22.7 Å². The van der Waals surface area contributed by atoms with Gasteiger partial charge in [0, 0.05) is 21.9 Å². The molecule has 0 atom stereocenters. The van der Waals surface area contributed by atoms with E-state index in [1.807, 2.05) is 0 Å². The van der Waals surface area contributed by atoms with E-state index in [-0.39, 0.29) is 0 Å². The summed E-state index contributed by atoms with van der Waals surface area (Å²) in [4.78, 5) is 0. The fraction of sp³-hybridized carbons (Fsp3) is 0. The van der Waals surface area contributed by atoms with Crippen LogP contribution >= 0.6 is 22.7 Å². The van der Waals surface area contributed by atoms with Crippen LogP contribution in [-0.2, 0) is 0 Å². The van der Waals surface area contributed by atoms with E-state index < -0.39 is 0 Å². The van der Waals surface area contributed by atoms with Crippen LogP contribution in [0.4, 0.5) is 0 Å². The highest BCUT2D eigenvalue weighted by Crippen LogP contribution is 2.50. The summed E-state index contributed by atoms with van der Waals surface area (Å²) >= 11 is 3.49. The molecule has 0 amide bonds. The number of rotatable bonds is 4. The van der Waals surface area contributed by atoms with Crippen molar-refractivity contribution in [2.24, 2.45) is 0 Å². The summed E-state index contributed by atoms with van der Waals surface area (Å²) in [6, 6.07) is 53.2. The van der Waals surface area contributed by atoms with Crippen LogP contribution in [0.1, 0.15) is 0 Å². The third kappa shape index (κ3) is 4.20. The van der Waals surface area contributed by atoms with Crippen LogP contribution in [0.5, 0.6) is 0 Å². The number of fused-ring (bicyclic) bond motifs is 7. The highest BCUT2D eigenvalue weighted by atomic mass is 32.1. The SMILES string of the molecule is c1cc(-c2c3ccccc3c(-c3ccsc3)c3ccccc23)c2c(c1)oc1c(-c3c4ccccc4c(-c4ccsc4)c4ccccc34)cccc12. The Morgan fingerprint density at radius 1 is 0.333 bits per heavy atom. The summed E-state index contributed by atoms with van der Waals surface area (Å²) in [7, 11) is 0. The van der Waals surface area contributed by atoms with Crippen molar-refractivity contribution < 1.29 is 4.42 Å². The number of hydrogen-bond donors (Lipinski definition) is 0. The average molecular weight is 685 g/mol. The maximum atomic E-state index is 7.01. The van der Waals surface area contributed by atoms with E-state index in [9.17, 15) is 0 Å². The minimum Gasteiger partial charge on any atom is -0.455 e. The molecular weight excluding hydrogens is 657 g/mol. The van der Waals surface area contributed by atoms with E-state index in [0.717, 1.165) is 27.5 Å². The summed E-state index contributed by atoms with van der Waals surface area (Å²) in [5.41, 5.74) is 11.7. The first kappa shape index (κ1) is 28.8. The van der Waals surface area contributed by atoms with Crippen LogP contribution in [0.15, 0.2) is 172 Å². The molecule has 51 heavy (non-hydrogen) atoms. The molecular formula is C48H28OS2. The van der Waals surface area contributed by atoms with E-state index in [0.29, 0.717) is 0 Å². The van der Waals surface area contributed by atoms with Gasteiger partial charge in [0.1, 0.15) is 11.2 Å². The Kier molecular flexibility index (Phi) is 6.36. The van der Waals surface area contributed by atoms with Crippen molar-refractivity contribution in [3.8, 4) is 44.5 Å². The topological polar surface area (TPSA) is 13.1 Å². The first-order chi connectivity index (χ1) is 25.3. The lowest BCUT2D eigenvalue weighted by molar-refractivity contribution is 0.670. The molecule has 0 aliphatic rings. The van der Waals surface area contributed by atoms with Crippen molar-refractivity contribution in [3.05, 3.63) is 167 Å². The Balaban J connectivity index is 1.25. The molecule has 3 heterocycles. The van der Waals surface area contributed by atoms with Crippen LogP contribution < -0.4 is 0 Å². The van der Waals surface area contributed by atoms with Crippen LogP contribution in [-0.4, -0.2) is 0 Å². The van der Waals surface area contributed by atoms with Gasteiger partial charge in [-0.25, -0.2) is 0 Å². The van der Waals surface area contributed by atoms with Crippen molar-refractivity contribution in [1.82, 2.24) is 0 Å². The van der Waals surface area contributed by atoms with Gasteiger partial charge in [-0.3, -0.25) is 0 Å². The van der Waals surface area contributed by atoms with Crippen molar-refractivity contribution >= 4 is 87.7 Å². The zero-order chi connectivity index (χ0) is 33.5. The smallest absolute Gasteiger partial charge is 0.143 e. The highest BCUT2D eigenvalue weighted by molar-refractivity contribution is 7.08. The number of furan rings is 1. The molecule has 1 nitrogen and oxygen atoms in total. The maximum absolute atomic E-state index is 7.01. The molecule has 0 spiro atoms. The van der Waals surface area contributed by atoms with Crippen LogP contribution in [0.3, 0.4) is 0 Å². The highest BCUT2D eigenvalue weighted by Gasteiger charge is 2.23. The third-order valence-corrected chi connectivity index (χ3v) is 11.9. The van der Waals surface area contributed by atoms with Gasteiger partial charge in [0.15, 0.2) is 0 Å².